The number of hydrogen-bond acceptors (Lipinski definition) is 2. The maximum Gasteiger partial charge on any atom is 0.309 e. The zero-order valence-corrected chi connectivity index (χ0v) is 8.45. The number of carboxylic acids is 1. The monoisotopic (exact) mass is 198 g/mol. The van der Waals surface area contributed by atoms with Gasteiger partial charge in [0.1, 0.15) is 0 Å². The molecule has 1 aliphatic carbocycles. The third-order valence-corrected chi connectivity index (χ3v) is 3.57. The van der Waals surface area contributed by atoms with Gasteiger partial charge in [-0.15, -0.1) is 0 Å². The SMILES string of the molecule is O=C(O)C1CCOC1C1CCCCC1. The number of hydrogen-bond donors (Lipinski definition) is 1. The minimum Gasteiger partial charge on any atom is -0.481 e. The second kappa shape index (κ2) is 4.30. The van der Waals surface area contributed by atoms with E-state index in [1.54, 1.807) is 0 Å². The predicted octanol–water partition coefficient (Wildman–Crippen LogP) is 2.06. The Balaban J connectivity index is 1.97. The molecule has 3 nitrogen and oxygen atoms in total. The van der Waals surface area contributed by atoms with E-state index in [-0.39, 0.29) is 12.0 Å². The Morgan fingerprint density at radius 3 is 2.50 bits per heavy atom. The molecule has 0 spiro atoms. The van der Waals surface area contributed by atoms with Gasteiger partial charge in [-0.1, -0.05) is 19.3 Å². The summed E-state index contributed by atoms with van der Waals surface area (Å²) in [4.78, 5) is 11.0. The molecule has 0 aromatic carbocycles. The first-order valence-electron chi connectivity index (χ1n) is 5.63. The molecule has 0 radical (unpaired) electrons. The lowest BCUT2D eigenvalue weighted by atomic mass is 9.80. The number of rotatable bonds is 2. The fourth-order valence-corrected chi connectivity index (χ4v) is 2.80. The van der Waals surface area contributed by atoms with Crippen LogP contribution in [0.1, 0.15) is 38.5 Å². The Bertz CT molecular complexity index is 209. The van der Waals surface area contributed by atoms with Crippen molar-refractivity contribution in [1.29, 1.82) is 0 Å². The minimum atomic E-state index is -0.668. The fourth-order valence-electron chi connectivity index (χ4n) is 2.80. The van der Waals surface area contributed by atoms with Gasteiger partial charge in [0.15, 0.2) is 0 Å². The molecule has 1 heterocycles. The van der Waals surface area contributed by atoms with Crippen LogP contribution in [0, 0.1) is 11.8 Å². The summed E-state index contributed by atoms with van der Waals surface area (Å²) < 4.78 is 5.59. The van der Waals surface area contributed by atoms with Gasteiger partial charge in [-0.25, -0.2) is 0 Å². The van der Waals surface area contributed by atoms with E-state index in [4.69, 9.17) is 9.84 Å². The van der Waals surface area contributed by atoms with Crippen molar-refractivity contribution >= 4 is 5.97 Å². The summed E-state index contributed by atoms with van der Waals surface area (Å²) in [6, 6.07) is 0. The lowest BCUT2D eigenvalue weighted by Gasteiger charge is -2.28. The lowest BCUT2D eigenvalue weighted by Crippen LogP contribution is -2.32. The van der Waals surface area contributed by atoms with E-state index < -0.39 is 5.97 Å². The Kier molecular flexibility index (Phi) is 3.06. The van der Waals surface area contributed by atoms with Crippen molar-refractivity contribution in [1.82, 2.24) is 0 Å². The zero-order valence-electron chi connectivity index (χ0n) is 8.45. The number of carboxylic acid groups (broad SMARTS) is 1. The molecule has 0 amide bonds. The summed E-state index contributed by atoms with van der Waals surface area (Å²) in [5.74, 6) is -0.400. The molecule has 80 valence electrons. The van der Waals surface area contributed by atoms with Gasteiger partial charge in [0.2, 0.25) is 0 Å². The second-order valence-electron chi connectivity index (χ2n) is 4.47. The highest BCUT2D eigenvalue weighted by Gasteiger charge is 2.39. The van der Waals surface area contributed by atoms with E-state index in [1.807, 2.05) is 0 Å². The molecule has 0 bridgehead atoms. The van der Waals surface area contributed by atoms with Crippen LogP contribution in [0.2, 0.25) is 0 Å². The third kappa shape index (κ3) is 1.92. The van der Waals surface area contributed by atoms with Crippen molar-refractivity contribution < 1.29 is 14.6 Å². The smallest absolute Gasteiger partial charge is 0.309 e. The molecule has 2 rings (SSSR count). The predicted molar refractivity (Wildman–Crippen MR) is 52.1 cm³/mol. The summed E-state index contributed by atoms with van der Waals surface area (Å²) in [7, 11) is 0. The molecule has 0 aromatic heterocycles. The van der Waals surface area contributed by atoms with Crippen LogP contribution in [-0.2, 0) is 9.53 Å². The van der Waals surface area contributed by atoms with E-state index in [1.165, 1.54) is 19.3 Å². The topological polar surface area (TPSA) is 46.5 Å². The fraction of sp³-hybridized carbons (Fsp3) is 0.909. The number of aliphatic carboxylic acids is 1. The molecular weight excluding hydrogens is 180 g/mol. The Labute approximate surface area is 84.4 Å². The second-order valence-corrected chi connectivity index (χ2v) is 4.47. The van der Waals surface area contributed by atoms with Gasteiger partial charge >= 0.3 is 5.97 Å². The summed E-state index contributed by atoms with van der Waals surface area (Å²) in [5, 5.41) is 9.03. The molecule has 1 aliphatic heterocycles. The maximum atomic E-state index is 11.0. The summed E-state index contributed by atoms with van der Waals surface area (Å²) in [6.45, 7) is 0.637. The average Bonchev–Trinajstić information content (AvgIpc) is 2.67. The van der Waals surface area contributed by atoms with Crippen molar-refractivity contribution in [3.05, 3.63) is 0 Å². The molecule has 2 atom stereocenters. The van der Waals surface area contributed by atoms with Crippen molar-refractivity contribution in [3.8, 4) is 0 Å². The molecule has 2 fully saturated rings. The first kappa shape index (κ1) is 9.97. The highest BCUT2D eigenvalue weighted by molar-refractivity contribution is 5.71. The van der Waals surface area contributed by atoms with Gasteiger partial charge in [-0.05, 0) is 25.2 Å². The standard InChI is InChI=1S/C11H18O3/c12-11(13)9-6-7-14-10(9)8-4-2-1-3-5-8/h8-10H,1-7H2,(H,12,13). The van der Waals surface area contributed by atoms with Gasteiger partial charge < -0.3 is 9.84 Å². The van der Waals surface area contributed by atoms with Gasteiger partial charge in [-0.3, -0.25) is 4.79 Å². The molecule has 3 heteroatoms. The Morgan fingerprint density at radius 2 is 1.86 bits per heavy atom. The van der Waals surface area contributed by atoms with Gasteiger partial charge in [0.05, 0.1) is 12.0 Å². The van der Waals surface area contributed by atoms with Crippen molar-refractivity contribution in [3.63, 3.8) is 0 Å². The van der Waals surface area contributed by atoms with E-state index in [2.05, 4.69) is 0 Å². The first-order chi connectivity index (χ1) is 6.79. The van der Waals surface area contributed by atoms with E-state index in [0.29, 0.717) is 18.9 Å². The quantitative estimate of drug-likeness (QED) is 0.738. The Hall–Kier alpha value is -0.570. The zero-order chi connectivity index (χ0) is 9.97. The average molecular weight is 198 g/mol. The van der Waals surface area contributed by atoms with Crippen LogP contribution < -0.4 is 0 Å². The van der Waals surface area contributed by atoms with Crippen LogP contribution in [0.15, 0.2) is 0 Å². The summed E-state index contributed by atoms with van der Waals surface area (Å²) >= 11 is 0. The molecule has 1 saturated carbocycles. The number of ether oxygens (including phenoxy) is 1. The molecular formula is C11H18O3. The molecule has 2 aliphatic rings. The molecule has 1 N–H and O–H groups in total. The largest absolute Gasteiger partial charge is 0.481 e. The summed E-state index contributed by atoms with van der Waals surface area (Å²) in [5.41, 5.74) is 0. The van der Waals surface area contributed by atoms with Crippen LogP contribution in [0.25, 0.3) is 0 Å². The summed E-state index contributed by atoms with van der Waals surface area (Å²) in [6.07, 6.45) is 6.83. The van der Waals surface area contributed by atoms with E-state index in [0.717, 1.165) is 12.8 Å². The van der Waals surface area contributed by atoms with Gasteiger partial charge in [-0.2, -0.15) is 0 Å². The van der Waals surface area contributed by atoms with Crippen LogP contribution in [0.4, 0.5) is 0 Å². The van der Waals surface area contributed by atoms with Crippen molar-refractivity contribution in [2.45, 2.75) is 44.6 Å². The molecule has 14 heavy (non-hydrogen) atoms. The van der Waals surface area contributed by atoms with Crippen molar-refractivity contribution in [2.24, 2.45) is 11.8 Å². The first-order valence-corrected chi connectivity index (χ1v) is 5.63. The maximum absolute atomic E-state index is 11.0. The lowest BCUT2D eigenvalue weighted by molar-refractivity contribution is -0.144. The minimum absolute atomic E-state index is 0.00722. The van der Waals surface area contributed by atoms with Crippen LogP contribution in [0.5, 0.6) is 0 Å². The molecule has 0 aromatic rings. The van der Waals surface area contributed by atoms with Gasteiger partial charge in [0.25, 0.3) is 0 Å². The van der Waals surface area contributed by atoms with Crippen LogP contribution >= 0.6 is 0 Å². The normalized spacial score (nSPS) is 34.6. The number of carbonyl (C=O) groups is 1. The molecule has 1 saturated heterocycles. The third-order valence-electron chi connectivity index (χ3n) is 3.57. The van der Waals surface area contributed by atoms with E-state index >= 15 is 0 Å². The molecule has 2 unspecified atom stereocenters. The Morgan fingerprint density at radius 1 is 1.14 bits per heavy atom. The van der Waals surface area contributed by atoms with Gasteiger partial charge in [0, 0.05) is 6.61 Å². The van der Waals surface area contributed by atoms with Crippen LogP contribution in [0.3, 0.4) is 0 Å². The van der Waals surface area contributed by atoms with E-state index in [9.17, 15) is 4.79 Å². The van der Waals surface area contributed by atoms with Crippen LogP contribution in [-0.4, -0.2) is 23.8 Å². The highest BCUT2D eigenvalue weighted by Crippen LogP contribution is 2.35. The highest BCUT2D eigenvalue weighted by atomic mass is 16.5. The van der Waals surface area contributed by atoms with Crippen molar-refractivity contribution in [2.75, 3.05) is 6.61 Å².